The number of carbonyl (C=O) groups is 1. The summed E-state index contributed by atoms with van der Waals surface area (Å²) in [4.78, 5) is 17.1. The van der Waals surface area contributed by atoms with Crippen molar-refractivity contribution in [2.45, 2.75) is 13.8 Å². The van der Waals surface area contributed by atoms with Crippen LogP contribution in [0.1, 0.15) is 16.7 Å². The normalized spacial score (nSPS) is 11.2. The Morgan fingerprint density at radius 1 is 1.10 bits per heavy atom. The largest absolute Gasteiger partial charge is 0.496 e. The van der Waals surface area contributed by atoms with Crippen molar-refractivity contribution in [1.82, 2.24) is 4.98 Å². The van der Waals surface area contributed by atoms with Crippen LogP contribution in [0.5, 0.6) is 5.75 Å². The van der Waals surface area contributed by atoms with E-state index in [2.05, 4.69) is 26.2 Å². The van der Waals surface area contributed by atoms with Crippen LogP contribution in [-0.2, 0) is 4.79 Å². The molecule has 6 heteroatoms. The van der Waals surface area contributed by atoms with E-state index in [9.17, 15) is 4.79 Å². The molecule has 0 fully saturated rings. The van der Waals surface area contributed by atoms with Crippen molar-refractivity contribution in [3.63, 3.8) is 0 Å². The first-order valence-corrected chi connectivity index (χ1v) is 10.5. The van der Waals surface area contributed by atoms with Gasteiger partial charge in [0.1, 0.15) is 11.3 Å². The second kappa shape index (κ2) is 8.78. The van der Waals surface area contributed by atoms with E-state index in [1.165, 1.54) is 6.08 Å². The van der Waals surface area contributed by atoms with E-state index in [4.69, 9.17) is 9.15 Å². The fourth-order valence-corrected chi connectivity index (χ4v) is 3.60. The number of halogens is 1. The van der Waals surface area contributed by atoms with E-state index in [1.807, 2.05) is 68.4 Å². The Morgan fingerprint density at radius 2 is 1.94 bits per heavy atom. The Hall–Kier alpha value is -3.38. The van der Waals surface area contributed by atoms with E-state index in [0.29, 0.717) is 17.3 Å². The molecule has 0 unspecified atom stereocenters. The number of benzene rings is 3. The predicted molar refractivity (Wildman–Crippen MR) is 127 cm³/mol. The molecule has 0 saturated heterocycles. The highest BCUT2D eigenvalue weighted by atomic mass is 79.9. The summed E-state index contributed by atoms with van der Waals surface area (Å²) in [6.45, 7) is 3.95. The van der Waals surface area contributed by atoms with Gasteiger partial charge in [-0.05, 0) is 73.5 Å². The standard InChI is InChI=1S/C25H21BrN2O3/c1-15-4-9-20-23(12-15)31-25(28-20)18-6-5-16(2)21(14-18)27-24(29)11-7-17-13-19(26)8-10-22(17)30-3/h4-14H,1-3H3,(H,27,29)/b11-7+. The second-order valence-electron chi connectivity index (χ2n) is 7.23. The lowest BCUT2D eigenvalue weighted by molar-refractivity contribution is -0.111. The number of carbonyl (C=O) groups excluding carboxylic acids is 1. The zero-order chi connectivity index (χ0) is 22.0. The van der Waals surface area contributed by atoms with Gasteiger partial charge >= 0.3 is 0 Å². The van der Waals surface area contributed by atoms with Crippen molar-refractivity contribution in [2.24, 2.45) is 0 Å². The van der Waals surface area contributed by atoms with Crippen molar-refractivity contribution in [2.75, 3.05) is 12.4 Å². The molecule has 5 nitrogen and oxygen atoms in total. The number of methoxy groups -OCH3 is 1. The number of hydrogen-bond donors (Lipinski definition) is 1. The van der Waals surface area contributed by atoms with Crippen molar-refractivity contribution in [3.8, 4) is 17.2 Å². The maximum atomic E-state index is 12.6. The Morgan fingerprint density at radius 3 is 2.74 bits per heavy atom. The average molecular weight is 477 g/mol. The SMILES string of the molecule is COc1ccc(Br)cc1/C=C/C(=O)Nc1cc(-c2nc3ccc(C)cc3o2)ccc1C. The molecule has 1 amide bonds. The van der Waals surface area contributed by atoms with Gasteiger partial charge in [0.15, 0.2) is 5.58 Å². The van der Waals surface area contributed by atoms with Gasteiger partial charge in [-0.25, -0.2) is 4.98 Å². The van der Waals surface area contributed by atoms with Crippen LogP contribution in [0.3, 0.4) is 0 Å². The molecule has 0 aliphatic rings. The van der Waals surface area contributed by atoms with Gasteiger partial charge in [-0.1, -0.05) is 28.1 Å². The predicted octanol–water partition coefficient (Wildman–Crippen LogP) is 6.53. The molecule has 1 heterocycles. The molecule has 4 rings (SSSR count). The van der Waals surface area contributed by atoms with Crippen LogP contribution in [0, 0.1) is 13.8 Å². The van der Waals surface area contributed by atoms with Gasteiger partial charge in [0.2, 0.25) is 11.8 Å². The van der Waals surface area contributed by atoms with E-state index in [-0.39, 0.29) is 5.91 Å². The number of aromatic nitrogens is 1. The molecule has 3 aromatic carbocycles. The minimum Gasteiger partial charge on any atom is -0.496 e. The topological polar surface area (TPSA) is 64.4 Å². The van der Waals surface area contributed by atoms with Gasteiger partial charge in [-0.2, -0.15) is 0 Å². The maximum Gasteiger partial charge on any atom is 0.248 e. The number of nitrogens with zero attached hydrogens (tertiary/aromatic N) is 1. The number of aryl methyl sites for hydroxylation is 2. The van der Waals surface area contributed by atoms with Crippen molar-refractivity contribution < 1.29 is 13.9 Å². The Labute approximate surface area is 188 Å². The zero-order valence-electron chi connectivity index (χ0n) is 17.4. The molecule has 1 N–H and O–H groups in total. The minimum absolute atomic E-state index is 0.240. The van der Waals surface area contributed by atoms with Crippen LogP contribution in [0.15, 0.2) is 69.6 Å². The molecule has 0 aliphatic carbocycles. The minimum atomic E-state index is -0.240. The van der Waals surface area contributed by atoms with Crippen LogP contribution >= 0.6 is 15.9 Å². The fraction of sp³-hybridized carbons (Fsp3) is 0.120. The zero-order valence-corrected chi connectivity index (χ0v) is 19.0. The molecule has 156 valence electrons. The van der Waals surface area contributed by atoms with E-state index < -0.39 is 0 Å². The van der Waals surface area contributed by atoms with Crippen LogP contribution in [0.2, 0.25) is 0 Å². The molecule has 1 aromatic heterocycles. The summed E-state index contributed by atoms with van der Waals surface area (Å²) in [5, 5.41) is 2.94. The summed E-state index contributed by atoms with van der Waals surface area (Å²) >= 11 is 3.44. The summed E-state index contributed by atoms with van der Waals surface area (Å²) < 4.78 is 12.2. The summed E-state index contributed by atoms with van der Waals surface area (Å²) in [6, 6.07) is 17.3. The summed E-state index contributed by atoms with van der Waals surface area (Å²) in [5.41, 5.74) is 5.90. The molecule has 0 saturated carbocycles. The fourth-order valence-electron chi connectivity index (χ4n) is 3.22. The highest BCUT2D eigenvalue weighted by molar-refractivity contribution is 9.10. The highest BCUT2D eigenvalue weighted by Crippen LogP contribution is 2.29. The van der Waals surface area contributed by atoms with Gasteiger partial charge in [0.25, 0.3) is 0 Å². The number of nitrogens with one attached hydrogen (secondary N) is 1. The molecular formula is C25H21BrN2O3. The summed E-state index contributed by atoms with van der Waals surface area (Å²) in [5.74, 6) is 0.970. The van der Waals surface area contributed by atoms with Crippen LogP contribution in [0.25, 0.3) is 28.6 Å². The number of anilines is 1. The van der Waals surface area contributed by atoms with Gasteiger partial charge in [-0.3, -0.25) is 4.79 Å². The van der Waals surface area contributed by atoms with Crippen molar-refractivity contribution in [1.29, 1.82) is 0 Å². The molecule has 31 heavy (non-hydrogen) atoms. The van der Waals surface area contributed by atoms with Gasteiger partial charge in [0, 0.05) is 27.4 Å². The molecular weight excluding hydrogens is 456 g/mol. The average Bonchev–Trinajstić information content (AvgIpc) is 3.17. The maximum absolute atomic E-state index is 12.6. The smallest absolute Gasteiger partial charge is 0.248 e. The lowest BCUT2D eigenvalue weighted by atomic mass is 10.1. The number of oxazole rings is 1. The Kier molecular flexibility index (Phi) is 5.91. The van der Waals surface area contributed by atoms with E-state index in [0.717, 1.165) is 37.8 Å². The number of hydrogen-bond acceptors (Lipinski definition) is 4. The van der Waals surface area contributed by atoms with Gasteiger partial charge in [0.05, 0.1) is 7.11 Å². The molecule has 0 bridgehead atoms. The Bertz CT molecular complexity index is 1310. The highest BCUT2D eigenvalue weighted by Gasteiger charge is 2.11. The third kappa shape index (κ3) is 4.70. The monoisotopic (exact) mass is 476 g/mol. The number of ether oxygens (including phenoxy) is 1. The first-order valence-electron chi connectivity index (χ1n) is 9.74. The molecule has 0 radical (unpaired) electrons. The number of fused-ring (bicyclic) bond motifs is 1. The van der Waals surface area contributed by atoms with Crippen LogP contribution in [0.4, 0.5) is 5.69 Å². The molecule has 0 aliphatic heterocycles. The first-order chi connectivity index (χ1) is 14.9. The lowest BCUT2D eigenvalue weighted by Gasteiger charge is -2.08. The van der Waals surface area contributed by atoms with Crippen LogP contribution < -0.4 is 10.1 Å². The molecule has 4 aromatic rings. The van der Waals surface area contributed by atoms with Gasteiger partial charge < -0.3 is 14.5 Å². The van der Waals surface area contributed by atoms with E-state index in [1.54, 1.807) is 13.2 Å². The number of rotatable bonds is 5. The first kappa shape index (κ1) is 20.9. The number of amides is 1. The van der Waals surface area contributed by atoms with Crippen molar-refractivity contribution >= 4 is 44.7 Å². The molecule has 0 atom stereocenters. The second-order valence-corrected chi connectivity index (χ2v) is 8.14. The quantitative estimate of drug-likeness (QED) is 0.332. The van der Waals surface area contributed by atoms with E-state index >= 15 is 0 Å². The third-order valence-corrected chi connectivity index (χ3v) is 5.39. The lowest BCUT2D eigenvalue weighted by Crippen LogP contribution is -2.09. The Balaban J connectivity index is 1.57. The summed E-state index contributed by atoms with van der Waals surface area (Å²) in [7, 11) is 1.60. The van der Waals surface area contributed by atoms with Gasteiger partial charge in [-0.15, -0.1) is 0 Å². The van der Waals surface area contributed by atoms with Crippen LogP contribution in [-0.4, -0.2) is 18.0 Å². The third-order valence-electron chi connectivity index (χ3n) is 4.89. The molecule has 0 spiro atoms. The van der Waals surface area contributed by atoms with Crippen molar-refractivity contribution in [3.05, 3.63) is 81.8 Å². The summed E-state index contributed by atoms with van der Waals surface area (Å²) in [6.07, 6.45) is 3.21.